The largest absolute Gasteiger partial charge is 0.493 e. The molecule has 0 aliphatic carbocycles. The van der Waals surface area contributed by atoms with Gasteiger partial charge in [-0.05, 0) is 74.1 Å². The average Bonchev–Trinajstić information content (AvgIpc) is 3.38. The van der Waals surface area contributed by atoms with Crippen LogP contribution in [0.1, 0.15) is 16.7 Å². The van der Waals surface area contributed by atoms with Crippen LogP contribution >= 0.6 is 15.9 Å². The third-order valence-corrected chi connectivity index (χ3v) is 7.12. The normalized spacial score (nSPS) is 11.4. The van der Waals surface area contributed by atoms with Crippen molar-refractivity contribution in [1.82, 2.24) is 10.3 Å². The monoisotopic (exact) mass is 579 g/mol. The lowest BCUT2D eigenvalue weighted by Crippen LogP contribution is -2.26. The first-order valence-electron chi connectivity index (χ1n) is 12.5. The van der Waals surface area contributed by atoms with E-state index >= 15 is 0 Å². The Morgan fingerprint density at radius 2 is 1.79 bits per heavy atom. The maximum atomic E-state index is 12.8. The number of carbonyl (C=O) groups is 1. The molecule has 4 aromatic carbocycles. The molecular formula is C32H26BrN3O3. The van der Waals surface area contributed by atoms with E-state index < -0.39 is 5.91 Å². The molecule has 0 radical (unpaired) electrons. The van der Waals surface area contributed by atoms with E-state index in [0.717, 1.165) is 32.8 Å². The van der Waals surface area contributed by atoms with E-state index in [2.05, 4.69) is 44.4 Å². The Hall–Kier alpha value is -4.54. The van der Waals surface area contributed by atoms with Crippen LogP contribution in [0.15, 0.2) is 95.1 Å². The molecule has 0 aliphatic rings. The van der Waals surface area contributed by atoms with Gasteiger partial charge in [0, 0.05) is 23.6 Å². The van der Waals surface area contributed by atoms with Gasteiger partial charge in [-0.2, -0.15) is 5.26 Å². The van der Waals surface area contributed by atoms with Crippen LogP contribution in [-0.2, 0) is 17.8 Å². The molecule has 0 unspecified atom stereocenters. The number of ether oxygens (including phenoxy) is 2. The molecule has 0 aliphatic heterocycles. The molecule has 0 spiro atoms. The summed E-state index contributed by atoms with van der Waals surface area (Å²) in [4.78, 5) is 16.0. The molecule has 194 valence electrons. The Morgan fingerprint density at radius 1 is 1.03 bits per heavy atom. The van der Waals surface area contributed by atoms with Gasteiger partial charge in [-0.25, -0.2) is 0 Å². The fourth-order valence-corrected chi connectivity index (χ4v) is 5.17. The van der Waals surface area contributed by atoms with E-state index in [1.807, 2.05) is 60.8 Å². The summed E-state index contributed by atoms with van der Waals surface area (Å²) in [5, 5.41) is 15.9. The molecule has 5 aromatic rings. The highest BCUT2D eigenvalue weighted by atomic mass is 79.9. The number of benzene rings is 4. The summed E-state index contributed by atoms with van der Waals surface area (Å²) in [6, 6.07) is 27.9. The second-order valence-electron chi connectivity index (χ2n) is 9.00. The third kappa shape index (κ3) is 5.82. The summed E-state index contributed by atoms with van der Waals surface area (Å²) in [5.41, 5.74) is 3.87. The van der Waals surface area contributed by atoms with Gasteiger partial charge < -0.3 is 19.8 Å². The maximum Gasteiger partial charge on any atom is 0.261 e. The number of halogens is 1. The van der Waals surface area contributed by atoms with Crippen molar-refractivity contribution in [3.05, 3.63) is 112 Å². The highest BCUT2D eigenvalue weighted by molar-refractivity contribution is 9.10. The highest BCUT2D eigenvalue weighted by Crippen LogP contribution is 2.38. The van der Waals surface area contributed by atoms with Crippen molar-refractivity contribution < 1.29 is 14.3 Å². The fourth-order valence-electron chi connectivity index (χ4n) is 4.59. The maximum absolute atomic E-state index is 12.8. The number of nitriles is 1. The lowest BCUT2D eigenvalue weighted by atomic mass is 10.1. The van der Waals surface area contributed by atoms with E-state index in [9.17, 15) is 10.1 Å². The molecule has 1 heterocycles. The number of hydrogen-bond donors (Lipinski definition) is 2. The quantitative estimate of drug-likeness (QED) is 0.146. The lowest BCUT2D eigenvalue weighted by Gasteiger charge is -2.15. The Bertz CT molecular complexity index is 1730. The van der Waals surface area contributed by atoms with Gasteiger partial charge >= 0.3 is 0 Å². The van der Waals surface area contributed by atoms with Gasteiger partial charge in [-0.15, -0.1) is 0 Å². The summed E-state index contributed by atoms with van der Waals surface area (Å²) in [6.07, 6.45) is 4.14. The van der Waals surface area contributed by atoms with Gasteiger partial charge in [0.2, 0.25) is 0 Å². The average molecular weight is 580 g/mol. The molecule has 39 heavy (non-hydrogen) atoms. The highest BCUT2D eigenvalue weighted by Gasteiger charge is 2.15. The van der Waals surface area contributed by atoms with Crippen LogP contribution in [0.3, 0.4) is 0 Å². The zero-order chi connectivity index (χ0) is 27.2. The Labute approximate surface area is 235 Å². The number of carbonyl (C=O) groups excluding carboxylic acids is 1. The molecule has 0 saturated heterocycles. The minimum atomic E-state index is -0.427. The standard InChI is InChI=1S/C32H26BrN3O3/c1-38-30-17-21(16-28(33)31(30)39-20-24-9-6-8-22-7-2-3-10-26(22)24)15-25(18-34)32(37)35-14-13-23-19-36-29-12-5-4-11-27(23)29/h2-12,15-17,19,36H,13-14,20H2,1H3,(H,35,37)/b25-15+. The van der Waals surface area contributed by atoms with Crippen molar-refractivity contribution in [2.75, 3.05) is 13.7 Å². The molecular weight excluding hydrogens is 554 g/mol. The minimum Gasteiger partial charge on any atom is -0.493 e. The number of methoxy groups -OCH3 is 1. The summed E-state index contributed by atoms with van der Waals surface area (Å²) < 4.78 is 12.4. The van der Waals surface area contributed by atoms with E-state index in [0.29, 0.717) is 41.1 Å². The molecule has 1 aromatic heterocycles. The van der Waals surface area contributed by atoms with Crippen molar-refractivity contribution in [2.45, 2.75) is 13.0 Å². The van der Waals surface area contributed by atoms with Crippen LogP contribution in [0, 0.1) is 11.3 Å². The molecule has 0 atom stereocenters. The number of amides is 1. The summed E-state index contributed by atoms with van der Waals surface area (Å²) in [5.74, 6) is 0.612. The second kappa shape index (κ2) is 11.9. The minimum absolute atomic E-state index is 0.00676. The smallest absolute Gasteiger partial charge is 0.261 e. The fraction of sp³-hybridized carbons (Fsp3) is 0.125. The van der Waals surface area contributed by atoms with Crippen LogP contribution in [0.5, 0.6) is 11.5 Å². The Morgan fingerprint density at radius 3 is 2.62 bits per heavy atom. The zero-order valence-electron chi connectivity index (χ0n) is 21.3. The van der Waals surface area contributed by atoms with Crippen LogP contribution < -0.4 is 14.8 Å². The number of nitrogens with one attached hydrogen (secondary N) is 2. The van der Waals surface area contributed by atoms with Crippen LogP contribution in [0.2, 0.25) is 0 Å². The second-order valence-corrected chi connectivity index (χ2v) is 9.85. The molecule has 6 nitrogen and oxygen atoms in total. The number of nitrogens with zero attached hydrogens (tertiary/aromatic N) is 1. The van der Waals surface area contributed by atoms with E-state index in [4.69, 9.17) is 9.47 Å². The van der Waals surface area contributed by atoms with Crippen LogP contribution in [0.4, 0.5) is 0 Å². The molecule has 2 N–H and O–H groups in total. The van der Waals surface area contributed by atoms with Gasteiger partial charge in [-0.3, -0.25) is 4.79 Å². The van der Waals surface area contributed by atoms with Gasteiger partial charge in [0.15, 0.2) is 11.5 Å². The molecule has 7 heteroatoms. The van der Waals surface area contributed by atoms with Crippen molar-refractivity contribution in [3.63, 3.8) is 0 Å². The lowest BCUT2D eigenvalue weighted by molar-refractivity contribution is -0.117. The van der Waals surface area contributed by atoms with Crippen LogP contribution in [-0.4, -0.2) is 24.5 Å². The Balaban J connectivity index is 1.28. The SMILES string of the molecule is COc1cc(/C=C(\C#N)C(=O)NCCc2c[nH]c3ccccc23)cc(Br)c1OCc1cccc2ccccc12. The van der Waals surface area contributed by atoms with Crippen molar-refractivity contribution >= 4 is 49.6 Å². The third-order valence-electron chi connectivity index (χ3n) is 6.53. The summed E-state index contributed by atoms with van der Waals surface area (Å²) in [7, 11) is 1.56. The van der Waals surface area contributed by atoms with Crippen molar-refractivity contribution in [2.24, 2.45) is 0 Å². The topological polar surface area (TPSA) is 87.1 Å². The van der Waals surface area contributed by atoms with Crippen molar-refractivity contribution in [1.29, 1.82) is 5.26 Å². The summed E-state index contributed by atoms with van der Waals surface area (Å²) in [6.45, 7) is 0.765. The molecule has 1 amide bonds. The van der Waals surface area contributed by atoms with E-state index in [-0.39, 0.29) is 5.57 Å². The number of fused-ring (bicyclic) bond motifs is 2. The zero-order valence-corrected chi connectivity index (χ0v) is 22.9. The first kappa shape index (κ1) is 26.1. The van der Waals surface area contributed by atoms with Gasteiger partial charge in [0.05, 0.1) is 11.6 Å². The molecule has 5 rings (SSSR count). The number of hydrogen-bond acceptors (Lipinski definition) is 4. The number of para-hydroxylation sites is 1. The molecule has 0 saturated carbocycles. The number of H-pyrrole nitrogens is 1. The van der Waals surface area contributed by atoms with Crippen LogP contribution in [0.25, 0.3) is 27.8 Å². The Kier molecular flexibility index (Phi) is 7.95. The first-order chi connectivity index (χ1) is 19.1. The number of aromatic amines is 1. The van der Waals surface area contributed by atoms with Gasteiger partial charge in [-0.1, -0.05) is 60.7 Å². The van der Waals surface area contributed by atoms with E-state index in [1.165, 1.54) is 0 Å². The van der Waals surface area contributed by atoms with Crippen molar-refractivity contribution in [3.8, 4) is 17.6 Å². The number of aromatic nitrogens is 1. The van der Waals surface area contributed by atoms with Gasteiger partial charge in [0.25, 0.3) is 5.91 Å². The van der Waals surface area contributed by atoms with Gasteiger partial charge in [0.1, 0.15) is 18.2 Å². The van der Waals surface area contributed by atoms with E-state index in [1.54, 1.807) is 25.3 Å². The number of rotatable bonds is 9. The summed E-state index contributed by atoms with van der Waals surface area (Å²) >= 11 is 3.57. The molecule has 0 fully saturated rings. The first-order valence-corrected chi connectivity index (χ1v) is 13.3. The predicted octanol–water partition coefficient (Wildman–Crippen LogP) is 6.94. The molecule has 0 bridgehead atoms. The predicted molar refractivity (Wildman–Crippen MR) is 158 cm³/mol.